The summed E-state index contributed by atoms with van der Waals surface area (Å²) in [7, 11) is 0. The van der Waals surface area contributed by atoms with Gasteiger partial charge in [0.05, 0.1) is 0 Å². The Morgan fingerprint density at radius 1 is 0.483 bits per heavy atom. The predicted molar refractivity (Wildman–Crippen MR) is 127 cm³/mol. The quantitative estimate of drug-likeness (QED) is 0.307. The molecule has 0 radical (unpaired) electrons. The van der Waals surface area contributed by atoms with E-state index >= 15 is 0 Å². The monoisotopic (exact) mass is 434 g/mol. The highest BCUT2D eigenvalue weighted by atomic mass is 79.9. The number of benzene rings is 4. The van der Waals surface area contributed by atoms with Crippen LogP contribution < -0.4 is 0 Å². The van der Waals surface area contributed by atoms with Gasteiger partial charge in [-0.05, 0) is 54.9 Å². The van der Waals surface area contributed by atoms with Crippen molar-refractivity contribution in [1.82, 2.24) is 0 Å². The topological polar surface area (TPSA) is 0 Å². The summed E-state index contributed by atoms with van der Waals surface area (Å²) in [6.07, 6.45) is 0. The fourth-order valence-electron chi connectivity index (χ4n) is 4.07. The van der Waals surface area contributed by atoms with Crippen molar-refractivity contribution < 1.29 is 0 Å². The molecular weight excluding hydrogens is 416 g/mol. The van der Waals surface area contributed by atoms with Crippen LogP contribution in [-0.4, -0.2) is 0 Å². The van der Waals surface area contributed by atoms with Crippen LogP contribution in [0.2, 0.25) is 0 Å². The van der Waals surface area contributed by atoms with E-state index in [1.54, 1.807) is 0 Å². The number of halogens is 1. The van der Waals surface area contributed by atoms with Crippen LogP contribution in [0.3, 0.4) is 0 Å². The first-order chi connectivity index (χ1) is 14.3. The summed E-state index contributed by atoms with van der Waals surface area (Å²) in [5, 5.41) is 0. The molecule has 1 heteroatoms. The number of hydrogen-bond acceptors (Lipinski definition) is 0. The molecule has 5 rings (SSSR count). The maximum absolute atomic E-state index is 3.94. The highest BCUT2D eigenvalue weighted by Gasteiger charge is 2.29. The fourth-order valence-corrected chi connectivity index (χ4v) is 4.85. The number of fused-ring (bicyclic) bond motifs is 1. The number of rotatable bonds is 3. The highest BCUT2D eigenvalue weighted by molar-refractivity contribution is 9.15. The minimum absolute atomic E-state index is 1.15. The highest BCUT2D eigenvalue weighted by Crippen LogP contribution is 2.52. The van der Waals surface area contributed by atoms with Crippen molar-refractivity contribution >= 4 is 37.1 Å². The van der Waals surface area contributed by atoms with Gasteiger partial charge in [-0.2, -0.15) is 0 Å². The second kappa shape index (κ2) is 7.69. The van der Waals surface area contributed by atoms with Crippen molar-refractivity contribution in [3.05, 3.63) is 143 Å². The van der Waals surface area contributed by atoms with Crippen LogP contribution >= 0.6 is 15.9 Å². The normalized spacial score (nSPS) is 12.8. The molecule has 0 nitrogen and oxygen atoms in total. The lowest BCUT2D eigenvalue weighted by molar-refractivity contribution is 1.53. The van der Waals surface area contributed by atoms with E-state index in [4.69, 9.17) is 0 Å². The molecule has 0 N–H and O–H groups in total. The Morgan fingerprint density at radius 3 is 1.48 bits per heavy atom. The van der Waals surface area contributed by atoms with Crippen molar-refractivity contribution in [1.29, 1.82) is 0 Å². The zero-order chi connectivity index (χ0) is 19.6. The molecule has 0 bridgehead atoms. The van der Waals surface area contributed by atoms with Crippen LogP contribution in [0, 0.1) is 0 Å². The molecule has 0 spiro atoms. The summed E-state index contributed by atoms with van der Waals surface area (Å²) < 4.78 is 1.15. The summed E-state index contributed by atoms with van der Waals surface area (Å²) in [5.41, 5.74) is 9.94. The molecule has 0 saturated carbocycles. The Morgan fingerprint density at radius 2 is 0.931 bits per heavy atom. The second-order valence-corrected chi connectivity index (χ2v) is 7.88. The average molecular weight is 435 g/mol. The minimum atomic E-state index is 1.15. The first-order valence-electron chi connectivity index (χ1n) is 9.75. The van der Waals surface area contributed by atoms with Gasteiger partial charge in [-0.1, -0.05) is 115 Å². The van der Waals surface area contributed by atoms with Gasteiger partial charge in [0.2, 0.25) is 0 Å². The summed E-state index contributed by atoms with van der Waals surface area (Å²) in [6.45, 7) is 0. The van der Waals surface area contributed by atoms with Gasteiger partial charge >= 0.3 is 0 Å². The third-order valence-electron chi connectivity index (χ3n) is 5.34. The van der Waals surface area contributed by atoms with E-state index in [2.05, 4.69) is 131 Å². The molecule has 138 valence electrons. The van der Waals surface area contributed by atoms with Gasteiger partial charge in [-0.25, -0.2) is 0 Å². The molecule has 0 fully saturated rings. The fraction of sp³-hybridized carbons (Fsp3) is 0. The maximum Gasteiger partial charge on any atom is 0.0338 e. The van der Waals surface area contributed by atoms with E-state index in [0.717, 1.165) is 4.48 Å². The Kier molecular flexibility index (Phi) is 4.75. The standard InChI is InChI=1S/C28H19Br/c29-28-24-19-11-10-18-23(24)27(26(28)22-16-8-3-9-17-22)25(20-12-4-1-5-13-20)21-14-6-2-7-15-21/h1-19H. The van der Waals surface area contributed by atoms with Crippen molar-refractivity contribution in [2.45, 2.75) is 0 Å². The van der Waals surface area contributed by atoms with Gasteiger partial charge < -0.3 is 0 Å². The SMILES string of the molecule is BrC1=C(c2ccccc2)C(=C(c2ccccc2)c2ccccc2)c2ccccc21. The van der Waals surface area contributed by atoms with Crippen LogP contribution in [0.15, 0.2) is 115 Å². The molecule has 0 saturated heterocycles. The lowest BCUT2D eigenvalue weighted by Gasteiger charge is -2.17. The summed E-state index contributed by atoms with van der Waals surface area (Å²) in [4.78, 5) is 0. The largest absolute Gasteiger partial charge is 0.0622 e. The van der Waals surface area contributed by atoms with E-state index in [1.165, 1.54) is 44.5 Å². The molecule has 0 heterocycles. The average Bonchev–Trinajstić information content (AvgIpc) is 3.09. The third kappa shape index (κ3) is 3.18. The molecule has 1 aliphatic rings. The second-order valence-electron chi connectivity index (χ2n) is 7.08. The Balaban J connectivity index is 1.91. The van der Waals surface area contributed by atoms with Crippen LogP contribution in [0.4, 0.5) is 0 Å². The smallest absolute Gasteiger partial charge is 0.0338 e. The molecule has 0 unspecified atom stereocenters. The van der Waals surface area contributed by atoms with E-state index in [1.807, 2.05) is 0 Å². The summed E-state index contributed by atoms with van der Waals surface area (Å²) >= 11 is 3.94. The molecule has 0 amide bonds. The molecule has 0 atom stereocenters. The predicted octanol–water partition coefficient (Wildman–Crippen LogP) is 7.92. The summed E-state index contributed by atoms with van der Waals surface area (Å²) in [5.74, 6) is 0. The van der Waals surface area contributed by atoms with Gasteiger partial charge in [0, 0.05) is 10.1 Å². The number of hydrogen-bond donors (Lipinski definition) is 0. The molecule has 29 heavy (non-hydrogen) atoms. The molecule has 0 aliphatic heterocycles. The van der Waals surface area contributed by atoms with Crippen LogP contribution in [0.1, 0.15) is 27.8 Å². The molecule has 1 aliphatic carbocycles. The van der Waals surface area contributed by atoms with E-state index < -0.39 is 0 Å². The van der Waals surface area contributed by atoms with Gasteiger partial charge in [0.25, 0.3) is 0 Å². The Labute approximate surface area is 180 Å². The van der Waals surface area contributed by atoms with Crippen LogP contribution in [0.25, 0.3) is 21.2 Å². The molecule has 4 aromatic rings. The van der Waals surface area contributed by atoms with Crippen molar-refractivity contribution in [2.24, 2.45) is 0 Å². The van der Waals surface area contributed by atoms with Crippen LogP contribution in [-0.2, 0) is 0 Å². The molecule has 0 aromatic heterocycles. The minimum Gasteiger partial charge on any atom is -0.0622 e. The first kappa shape index (κ1) is 17.9. The zero-order valence-corrected chi connectivity index (χ0v) is 17.4. The Bertz CT molecular complexity index is 1180. The van der Waals surface area contributed by atoms with Crippen LogP contribution in [0.5, 0.6) is 0 Å². The lowest BCUT2D eigenvalue weighted by Crippen LogP contribution is -1.96. The van der Waals surface area contributed by atoms with Crippen molar-refractivity contribution in [2.75, 3.05) is 0 Å². The third-order valence-corrected chi connectivity index (χ3v) is 6.16. The maximum atomic E-state index is 3.94. The zero-order valence-electron chi connectivity index (χ0n) is 15.8. The van der Waals surface area contributed by atoms with Gasteiger partial charge in [0.1, 0.15) is 0 Å². The van der Waals surface area contributed by atoms with E-state index in [-0.39, 0.29) is 0 Å². The van der Waals surface area contributed by atoms with E-state index in [0.29, 0.717) is 0 Å². The van der Waals surface area contributed by atoms with Crippen molar-refractivity contribution in [3.8, 4) is 0 Å². The molecular formula is C28H19Br. The van der Waals surface area contributed by atoms with Gasteiger partial charge in [-0.3, -0.25) is 0 Å². The van der Waals surface area contributed by atoms with E-state index in [9.17, 15) is 0 Å². The summed E-state index contributed by atoms with van der Waals surface area (Å²) in [6, 6.07) is 40.7. The van der Waals surface area contributed by atoms with Gasteiger partial charge in [-0.15, -0.1) is 0 Å². The lowest BCUT2D eigenvalue weighted by atomic mass is 9.86. The number of allylic oxidation sites excluding steroid dienone is 2. The first-order valence-corrected chi connectivity index (χ1v) is 10.5. The molecule has 4 aromatic carbocycles. The Hall–Kier alpha value is -3.16. The van der Waals surface area contributed by atoms with Crippen molar-refractivity contribution in [3.63, 3.8) is 0 Å². The van der Waals surface area contributed by atoms with Gasteiger partial charge in [0.15, 0.2) is 0 Å².